The van der Waals surface area contributed by atoms with Crippen molar-refractivity contribution in [2.45, 2.75) is 44.3 Å². The predicted molar refractivity (Wildman–Crippen MR) is 107 cm³/mol. The van der Waals surface area contributed by atoms with E-state index in [1.165, 1.54) is 11.8 Å². The molecule has 0 bridgehead atoms. The molecule has 0 radical (unpaired) electrons. The van der Waals surface area contributed by atoms with E-state index >= 15 is 0 Å². The van der Waals surface area contributed by atoms with Crippen LogP contribution in [0.3, 0.4) is 0 Å². The van der Waals surface area contributed by atoms with Gasteiger partial charge >= 0.3 is 0 Å². The van der Waals surface area contributed by atoms with Gasteiger partial charge in [0.1, 0.15) is 6.04 Å². The van der Waals surface area contributed by atoms with Gasteiger partial charge in [0, 0.05) is 17.5 Å². The second-order valence-corrected chi connectivity index (χ2v) is 7.50. The van der Waals surface area contributed by atoms with E-state index in [1.807, 2.05) is 74.5 Å². The number of nitrogens with zero attached hydrogens (tertiary/aromatic N) is 1. The molecule has 0 aromatic heterocycles. The van der Waals surface area contributed by atoms with E-state index < -0.39 is 6.04 Å². The Morgan fingerprint density at radius 3 is 2.12 bits per heavy atom. The molecule has 2 aromatic carbocycles. The average Bonchev–Trinajstić information content (AvgIpc) is 2.64. The van der Waals surface area contributed by atoms with Crippen molar-refractivity contribution < 1.29 is 9.59 Å². The Labute approximate surface area is 160 Å². The molecule has 0 aliphatic rings. The Morgan fingerprint density at radius 1 is 0.962 bits per heavy atom. The van der Waals surface area contributed by atoms with Crippen LogP contribution in [0.4, 0.5) is 0 Å². The minimum atomic E-state index is -0.526. The lowest BCUT2D eigenvalue weighted by molar-refractivity contribution is -0.138. The van der Waals surface area contributed by atoms with Crippen LogP contribution in [-0.2, 0) is 16.1 Å². The summed E-state index contributed by atoms with van der Waals surface area (Å²) in [7, 11) is 0. The second kappa shape index (κ2) is 10.0. The van der Waals surface area contributed by atoms with E-state index in [2.05, 4.69) is 5.32 Å². The quantitative estimate of drug-likeness (QED) is 0.721. The summed E-state index contributed by atoms with van der Waals surface area (Å²) in [6.45, 7) is 6.03. The Hall–Kier alpha value is -2.27. The van der Waals surface area contributed by atoms with Crippen molar-refractivity contribution in [3.05, 3.63) is 66.2 Å². The number of thioether (sulfide) groups is 1. The molecule has 2 aromatic rings. The molecule has 0 spiro atoms. The van der Waals surface area contributed by atoms with E-state index in [9.17, 15) is 9.59 Å². The molecular formula is C21H26N2O2S. The van der Waals surface area contributed by atoms with Gasteiger partial charge < -0.3 is 10.2 Å². The number of carbonyl (C=O) groups is 2. The lowest BCUT2D eigenvalue weighted by Crippen LogP contribution is -2.49. The normalized spacial score (nSPS) is 11.8. The largest absolute Gasteiger partial charge is 0.352 e. The number of hydrogen-bond acceptors (Lipinski definition) is 3. The fourth-order valence-corrected chi connectivity index (χ4v) is 3.32. The van der Waals surface area contributed by atoms with E-state index in [0.29, 0.717) is 12.3 Å². The van der Waals surface area contributed by atoms with Crippen molar-refractivity contribution in [3.63, 3.8) is 0 Å². The van der Waals surface area contributed by atoms with Gasteiger partial charge in [-0.3, -0.25) is 9.59 Å². The van der Waals surface area contributed by atoms with Gasteiger partial charge in [0.2, 0.25) is 11.8 Å². The molecule has 5 heteroatoms. The molecule has 1 atom stereocenters. The Balaban J connectivity index is 2.10. The predicted octanol–water partition coefficient (Wildman–Crippen LogP) is 3.72. The number of hydrogen-bond donors (Lipinski definition) is 1. The van der Waals surface area contributed by atoms with Crippen molar-refractivity contribution in [3.8, 4) is 0 Å². The molecule has 26 heavy (non-hydrogen) atoms. The van der Waals surface area contributed by atoms with Crippen LogP contribution in [0.25, 0.3) is 0 Å². The molecule has 1 N–H and O–H groups in total. The smallest absolute Gasteiger partial charge is 0.242 e. The molecule has 4 nitrogen and oxygen atoms in total. The van der Waals surface area contributed by atoms with Gasteiger partial charge in [-0.25, -0.2) is 0 Å². The highest BCUT2D eigenvalue weighted by atomic mass is 32.2. The second-order valence-electron chi connectivity index (χ2n) is 6.45. The third kappa shape index (κ3) is 6.23. The third-order valence-corrected chi connectivity index (χ3v) is 4.90. The van der Waals surface area contributed by atoms with E-state index in [1.54, 1.807) is 11.8 Å². The first-order chi connectivity index (χ1) is 12.5. The van der Waals surface area contributed by atoms with E-state index in [-0.39, 0.29) is 17.9 Å². The lowest BCUT2D eigenvalue weighted by atomic mass is 10.1. The lowest BCUT2D eigenvalue weighted by Gasteiger charge is -2.29. The first-order valence-corrected chi connectivity index (χ1v) is 9.77. The van der Waals surface area contributed by atoms with Gasteiger partial charge in [0.15, 0.2) is 0 Å². The van der Waals surface area contributed by atoms with Gasteiger partial charge in [-0.05, 0) is 38.5 Å². The molecule has 0 saturated carbocycles. The highest BCUT2D eigenvalue weighted by molar-refractivity contribution is 8.00. The molecule has 138 valence electrons. The topological polar surface area (TPSA) is 49.4 Å². The van der Waals surface area contributed by atoms with E-state index in [0.717, 1.165) is 10.5 Å². The molecule has 0 aliphatic heterocycles. The Kier molecular flexibility index (Phi) is 7.73. The zero-order valence-corrected chi connectivity index (χ0v) is 16.3. The fourth-order valence-electron chi connectivity index (χ4n) is 2.51. The van der Waals surface area contributed by atoms with Crippen molar-refractivity contribution >= 4 is 23.6 Å². The molecule has 2 rings (SSSR count). The highest BCUT2D eigenvalue weighted by Gasteiger charge is 2.26. The van der Waals surface area contributed by atoms with E-state index in [4.69, 9.17) is 0 Å². The third-order valence-electron chi connectivity index (χ3n) is 3.90. The van der Waals surface area contributed by atoms with Crippen LogP contribution in [0.2, 0.25) is 0 Å². The summed E-state index contributed by atoms with van der Waals surface area (Å²) >= 11 is 1.49. The molecule has 0 saturated heterocycles. The Morgan fingerprint density at radius 2 is 1.54 bits per heavy atom. The van der Waals surface area contributed by atoms with Crippen molar-refractivity contribution in [2.75, 3.05) is 5.75 Å². The van der Waals surface area contributed by atoms with Crippen LogP contribution < -0.4 is 5.32 Å². The zero-order valence-electron chi connectivity index (χ0n) is 15.5. The summed E-state index contributed by atoms with van der Waals surface area (Å²) in [6, 6.07) is 19.1. The van der Waals surface area contributed by atoms with Gasteiger partial charge in [-0.15, -0.1) is 11.8 Å². The highest BCUT2D eigenvalue weighted by Crippen LogP contribution is 2.19. The summed E-state index contributed by atoms with van der Waals surface area (Å²) in [6.07, 6.45) is 0. The summed E-state index contributed by atoms with van der Waals surface area (Å²) in [5.41, 5.74) is 1.01. The molecule has 0 heterocycles. The van der Waals surface area contributed by atoms with Crippen molar-refractivity contribution in [1.82, 2.24) is 10.2 Å². The van der Waals surface area contributed by atoms with Crippen LogP contribution in [0.1, 0.15) is 26.3 Å². The van der Waals surface area contributed by atoms with Crippen LogP contribution in [0, 0.1) is 0 Å². The maximum atomic E-state index is 12.9. The number of amides is 2. The summed E-state index contributed by atoms with van der Waals surface area (Å²) < 4.78 is 0. The molecule has 0 unspecified atom stereocenters. The fraction of sp³-hybridized carbons (Fsp3) is 0.333. The number of carbonyl (C=O) groups excluding carboxylic acids is 2. The summed E-state index contributed by atoms with van der Waals surface area (Å²) in [5, 5.41) is 2.90. The average molecular weight is 371 g/mol. The van der Waals surface area contributed by atoms with Crippen LogP contribution in [0.15, 0.2) is 65.6 Å². The molecule has 2 amide bonds. The van der Waals surface area contributed by atoms with Crippen molar-refractivity contribution in [1.29, 1.82) is 0 Å². The van der Waals surface area contributed by atoms with Crippen molar-refractivity contribution in [2.24, 2.45) is 0 Å². The molecule has 0 aliphatic carbocycles. The maximum Gasteiger partial charge on any atom is 0.242 e. The minimum absolute atomic E-state index is 0.0392. The first kappa shape index (κ1) is 20.0. The Bertz CT molecular complexity index is 704. The zero-order chi connectivity index (χ0) is 18.9. The van der Waals surface area contributed by atoms with Gasteiger partial charge in [-0.2, -0.15) is 0 Å². The standard InChI is InChI=1S/C21H26N2O2S/c1-16(2)22-21(25)17(3)23(14-18-10-6-4-7-11-18)20(24)15-26-19-12-8-5-9-13-19/h4-13,16-17H,14-15H2,1-3H3,(H,22,25)/t17-/m0/s1. The van der Waals surface area contributed by atoms with Gasteiger partial charge in [-0.1, -0.05) is 48.5 Å². The summed E-state index contributed by atoms with van der Waals surface area (Å²) in [4.78, 5) is 28.0. The number of nitrogens with one attached hydrogen (secondary N) is 1. The van der Waals surface area contributed by atoms with Crippen LogP contribution in [-0.4, -0.2) is 34.6 Å². The maximum absolute atomic E-state index is 12.9. The molecule has 0 fully saturated rings. The van der Waals surface area contributed by atoms with Crippen LogP contribution in [0.5, 0.6) is 0 Å². The SMILES string of the molecule is CC(C)NC(=O)[C@H](C)N(Cc1ccccc1)C(=O)CSc1ccccc1. The number of rotatable bonds is 8. The molecular weight excluding hydrogens is 344 g/mol. The monoisotopic (exact) mass is 370 g/mol. The number of benzene rings is 2. The first-order valence-electron chi connectivity index (χ1n) is 8.79. The summed E-state index contributed by atoms with van der Waals surface area (Å²) in [5.74, 6) is 0.124. The van der Waals surface area contributed by atoms with Crippen LogP contribution >= 0.6 is 11.8 Å². The van der Waals surface area contributed by atoms with Gasteiger partial charge in [0.05, 0.1) is 5.75 Å². The van der Waals surface area contributed by atoms with Gasteiger partial charge in [0.25, 0.3) is 0 Å². The minimum Gasteiger partial charge on any atom is -0.352 e.